The Morgan fingerprint density at radius 3 is 3.00 bits per heavy atom. The van der Waals surface area contributed by atoms with Crippen molar-refractivity contribution in [3.63, 3.8) is 0 Å². The fourth-order valence-electron chi connectivity index (χ4n) is 2.77. The zero-order valence-electron chi connectivity index (χ0n) is 13.1. The van der Waals surface area contributed by atoms with Crippen molar-refractivity contribution >= 4 is 17.4 Å². The molecule has 1 aromatic carbocycles. The Morgan fingerprint density at radius 1 is 1.45 bits per heavy atom. The molecule has 0 saturated carbocycles. The first-order chi connectivity index (χ1) is 10.6. The fourth-order valence-corrected chi connectivity index (χ4v) is 2.77. The summed E-state index contributed by atoms with van der Waals surface area (Å²) in [5, 5.41) is 7.01. The van der Waals surface area contributed by atoms with Crippen molar-refractivity contribution < 1.29 is 9.53 Å². The van der Waals surface area contributed by atoms with Crippen molar-refractivity contribution in [2.24, 2.45) is 7.05 Å². The number of amides is 2. The minimum absolute atomic E-state index is 0.158. The number of carbonyl (C=O) groups excluding carboxylic acids is 1. The van der Waals surface area contributed by atoms with E-state index < -0.39 is 0 Å². The number of aromatic nitrogens is 2. The van der Waals surface area contributed by atoms with E-state index in [2.05, 4.69) is 29.5 Å². The summed E-state index contributed by atoms with van der Waals surface area (Å²) in [6.07, 6.45) is 3.63. The van der Waals surface area contributed by atoms with Crippen LogP contribution in [0.2, 0.25) is 0 Å². The Hall–Kier alpha value is -2.50. The van der Waals surface area contributed by atoms with Gasteiger partial charge in [-0.3, -0.25) is 9.58 Å². The number of anilines is 2. The predicted octanol–water partition coefficient (Wildman–Crippen LogP) is 2.59. The summed E-state index contributed by atoms with van der Waals surface area (Å²) >= 11 is 0. The van der Waals surface area contributed by atoms with Crippen LogP contribution in [0.25, 0.3) is 0 Å². The monoisotopic (exact) mass is 300 g/mol. The van der Waals surface area contributed by atoms with Crippen molar-refractivity contribution in [3.8, 4) is 5.88 Å². The SMILES string of the molecule is CCc1ccc2c(c1)CCN2C(=O)Nc1cn(C)nc1OC. The van der Waals surface area contributed by atoms with Gasteiger partial charge in [0.2, 0.25) is 0 Å². The number of carbonyl (C=O) groups is 1. The zero-order chi connectivity index (χ0) is 15.7. The van der Waals surface area contributed by atoms with Gasteiger partial charge in [-0.05, 0) is 30.0 Å². The van der Waals surface area contributed by atoms with Crippen molar-refractivity contribution in [2.75, 3.05) is 23.9 Å². The highest BCUT2D eigenvalue weighted by Gasteiger charge is 2.25. The summed E-state index contributed by atoms with van der Waals surface area (Å²) in [7, 11) is 3.32. The zero-order valence-corrected chi connectivity index (χ0v) is 13.1. The van der Waals surface area contributed by atoms with E-state index in [0.29, 0.717) is 18.1 Å². The molecule has 1 aliphatic rings. The van der Waals surface area contributed by atoms with E-state index >= 15 is 0 Å². The molecule has 0 spiro atoms. The van der Waals surface area contributed by atoms with Crippen molar-refractivity contribution in [1.29, 1.82) is 0 Å². The summed E-state index contributed by atoms with van der Waals surface area (Å²) in [5.41, 5.74) is 4.09. The van der Waals surface area contributed by atoms with Crippen molar-refractivity contribution in [1.82, 2.24) is 9.78 Å². The third-order valence-corrected chi connectivity index (χ3v) is 3.92. The molecule has 6 heteroatoms. The number of rotatable bonds is 3. The van der Waals surface area contributed by atoms with Gasteiger partial charge in [-0.2, -0.15) is 0 Å². The van der Waals surface area contributed by atoms with Crippen LogP contribution in [0.3, 0.4) is 0 Å². The number of ether oxygens (including phenoxy) is 1. The second-order valence-corrected chi connectivity index (χ2v) is 5.37. The fraction of sp³-hybridized carbons (Fsp3) is 0.375. The highest BCUT2D eigenvalue weighted by molar-refractivity contribution is 6.03. The number of hydrogen-bond donors (Lipinski definition) is 1. The first kappa shape index (κ1) is 14.4. The van der Waals surface area contributed by atoms with E-state index in [1.165, 1.54) is 18.2 Å². The number of fused-ring (bicyclic) bond motifs is 1. The van der Waals surface area contributed by atoms with Crippen LogP contribution in [-0.4, -0.2) is 29.5 Å². The van der Waals surface area contributed by atoms with Gasteiger partial charge in [0.25, 0.3) is 5.88 Å². The second kappa shape index (κ2) is 5.71. The van der Waals surface area contributed by atoms with Crippen LogP contribution in [0.5, 0.6) is 5.88 Å². The highest BCUT2D eigenvalue weighted by Crippen LogP contribution is 2.30. The minimum atomic E-state index is -0.158. The molecule has 1 N–H and O–H groups in total. The van der Waals surface area contributed by atoms with Crippen molar-refractivity contribution in [3.05, 3.63) is 35.5 Å². The summed E-state index contributed by atoms with van der Waals surface area (Å²) in [5.74, 6) is 0.414. The Labute approximate surface area is 129 Å². The number of methoxy groups -OCH3 is 1. The first-order valence-electron chi connectivity index (χ1n) is 7.40. The maximum absolute atomic E-state index is 12.5. The number of aryl methyl sites for hydroxylation is 2. The molecule has 0 saturated heterocycles. The van der Waals surface area contributed by atoms with Crippen LogP contribution in [-0.2, 0) is 19.9 Å². The van der Waals surface area contributed by atoms with Gasteiger partial charge in [-0.1, -0.05) is 19.1 Å². The minimum Gasteiger partial charge on any atom is -0.478 e. The smallest absolute Gasteiger partial charge is 0.326 e. The van der Waals surface area contributed by atoms with E-state index in [0.717, 1.165) is 18.5 Å². The molecule has 0 bridgehead atoms. The molecule has 1 aliphatic heterocycles. The average molecular weight is 300 g/mol. The van der Waals surface area contributed by atoms with Crippen LogP contribution in [0, 0.1) is 0 Å². The van der Waals surface area contributed by atoms with Crippen molar-refractivity contribution in [2.45, 2.75) is 19.8 Å². The predicted molar refractivity (Wildman–Crippen MR) is 85.6 cm³/mol. The molecule has 22 heavy (non-hydrogen) atoms. The Bertz CT molecular complexity index is 708. The summed E-state index contributed by atoms with van der Waals surface area (Å²) in [6.45, 7) is 2.83. The van der Waals surface area contributed by atoms with E-state index in [9.17, 15) is 4.79 Å². The molecule has 2 aromatic rings. The highest BCUT2D eigenvalue weighted by atomic mass is 16.5. The standard InChI is InChI=1S/C16H20N4O2/c1-4-11-5-6-14-12(9-11)7-8-20(14)16(21)17-13-10-19(2)18-15(13)22-3/h5-6,9-10H,4,7-8H2,1-3H3,(H,17,21). The molecular formula is C16H20N4O2. The Balaban J connectivity index is 1.80. The Morgan fingerprint density at radius 2 is 2.27 bits per heavy atom. The number of benzene rings is 1. The first-order valence-corrected chi connectivity index (χ1v) is 7.40. The molecule has 0 fully saturated rings. The molecule has 116 valence electrons. The lowest BCUT2D eigenvalue weighted by molar-refractivity contribution is 0.257. The third-order valence-electron chi connectivity index (χ3n) is 3.92. The third kappa shape index (κ3) is 2.52. The van der Waals surface area contributed by atoms with Crippen LogP contribution >= 0.6 is 0 Å². The van der Waals surface area contributed by atoms with Gasteiger partial charge in [0.15, 0.2) is 0 Å². The number of hydrogen-bond acceptors (Lipinski definition) is 3. The van der Waals surface area contributed by atoms with E-state index in [4.69, 9.17) is 4.74 Å². The normalized spacial score (nSPS) is 13.1. The molecule has 1 aromatic heterocycles. The van der Waals surface area contributed by atoms with Gasteiger partial charge >= 0.3 is 6.03 Å². The molecule has 0 radical (unpaired) electrons. The molecule has 6 nitrogen and oxygen atoms in total. The van der Waals surface area contributed by atoms with Crippen LogP contribution in [0.4, 0.5) is 16.2 Å². The summed E-state index contributed by atoms with van der Waals surface area (Å²) in [4.78, 5) is 14.3. The van der Waals surface area contributed by atoms with Gasteiger partial charge in [0, 0.05) is 19.3 Å². The lowest BCUT2D eigenvalue weighted by Crippen LogP contribution is -2.33. The van der Waals surface area contributed by atoms with E-state index in [1.54, 1.807) is 22.8 Å². The van der Waals surface area contributed by atoms with Gasteiger partial charge in [0.05, 0.1) is 13.3 Å². The number of nitrogens with zero attached hydrogens (tertiary/aromatic N) is 3. The average Bonchev–Trinajstić information content (AvgIpc) is 3.09. The quantitative estimate of drug-likeness (QED) is 0.948. The van der Waals surface area contributed by atoms with Gasteiger partial charge in [0.1, 0.15) is 5.69 Å². The number of nitrogens with one attached hydrogen (secondary N) is 1. The second-order valence-electron chi connectivity index (χ2n) is 5.37. The summed E-state index contributed by atoms with van der Waals surface area (Å²) < 4.78 is 6.78. The summed E-state index contributed by atoms with van der Waals surface area (Å²) in [6, 6.07) is 6.14. The molecule has 0 unspecified atom stereocenters. The van der Waals surface area contributed by atoms with Crippen LogP contribution in [0.15, 0.2) is 24.4 Å². The molecule has 2 heterocycles. The maximum atomic E-state index is 12.5. The van der Waals surface area contributed by atoms with Crippen LogP contribution in [0.1, 0.15) is 18.1 Å². The van der Waals surface area contributed by atoms with E-state index in [1.807, 2.05) is 6.07 Å². The maximum Gasteiger partial charge on any atom is 0.326 e. The van der Waals surface area contributed by atoms with E-state index in [-0.39, 0.29) is 6.03 Å². The van der Waals surface area contributed by atoms with Gasteiger partial charge in [-0.15, -0.1) is 5.10 Å². The largest absolute Gasteiger partial charge is 0.478 e. The lowest BCUT2D eigenvalue weighted by atomic mass is 10.1. The molecule has 2 amide bonds. The lowest BCUT2D eigenvalue weighted by Gasteiger charge is -2.18. The molecule has 0 atom stereocenters. The Kier molecular flexibility index (Phi) is 3.75. The van der Waals surface area contributed by atoms with Gasteiger partial charge < -0.3 is 10.1 Å². The molecule has 0 aliphatic carbocycles. The van der Waals surface area contributed by atoms with Gasteiger partial charge in [-0.25, -0.2) is 4.79 Å². The molecular weight excluding hydrogens is 280 g/mol. The molecule has 3 rings (SSSR count). The topological polar surface area (TPSA) is 59.4 Å². The number of urea groups is 1. The van der Waals surface area contributed by atoms with Crippen LogP contribution < -0.4 is 15.0 Å².